The van der Waals surface area contributed by atoms with Crippen LogP contribution in [0.5, 0.6) is 0 Å². The van der Waals surface area contributed by atoms with Gasteiger partial charge in [-0.25, -0.2) is 0 Å². The van der Waals surface area contributed by atoms with E-state index in [0.717, 1.165) is 0 Å². The van der Waals surface area contributed by atoms with E-state index in [1.807, 2.05) is 0 Å². The van der Waals surface area contributed by atoms with Crippen LogP contribution < -0.4 is 10.6 Å². The number of nitrogen functional groups attached to an aromatic ring is 1. The molecule has 1 aromatic carbocycles. The van der Waals surface area contributed by atoms with E-state index < -0.39 is 18.9 Å². The van der Waals surface area contributed by atoms with Crippen molar-refractivity contribution >= 4 is 17.3 Å². The number of halogens is 3. The maximum atomic E-state index is 11.9. The number of nitrogens with zero attached hydrogens (tertiary/aromatic N) is 1. The Kier molecular flexibility index (Phi) is 5.63. The van der Waals surface area contributed by atoms with E-state index in [1.54, 1.807) is 24.3 Å². The highest BCUT2D eigenvalue weighted by atomic mass is 19.4. The van der Waals surface area contributed by atoms with Crippen LogP contribution in [-0.2, 0) is 9.53 Å². The first-order chi connectivity index (χ1) is 9.29. The van der Waals surface area contributed by atoms with Crippen molar-refractivity contribution < 1.29 is 27.8 Å². The van der Waals surface area contributed by atoms with Gasteiger partial charge in [-0.1, -0.05) is 12.1 Å². The van der Waals surface area contributed by atoms with Crippen molar-refractivity contribution in [3.05, 3.63) is 24.3 Å². The number of hydrogen-bond acceptors (Lipinski definition) is 4. The zero-order valence-corrected chi connectivity index (χ0v) is 10.6. The Morgan fingerprint density at radius 3 is 2.50 bits per heavy atom. The van der Waals surface area contributed by atoms with E-state index in [2.05, 4.69) is 4.74 Å². The summed E-state index contributed by atoms with van der Waals surface area (Å²) in [5.74, 6) is -1.04. The SMILES string of the molecule is Nc1ccccc1N(CCOC(F)(F)F)CCC(=O)O. The molecular formula is C12H15F3N2O3. The lowest BCUT2D eigenvalue weighted by Crippen LogP contribution is -2.32. The normalized spacial score (nSPS) is 11.3. The lowest BCUT2D eigenvalue weighted by atomic mass is 10.2. The summed E-state index contributed by atoms with van der Waals surface area (Å²) in [5.41, 5.74) is 6.58. The van der Waals surface area contributed by atoms with Gasteiger partial charge in [0.25, 0.3) is 0 Å². The third-order valence-electron chi connectivity index (χ3n) is 2.50. The van der Waals surface area contributed by atoms with Crippen LogP contribution in [0.4, 0.5) is 24.5 Å². The van der Waals surface area contributed by atoms with Gasteiger partial charge < -0.3 is 15.7 Å². The summed E-state index contributed by atoms with van der Waals surface area (Å²) >= 11 is 0. The molecule has 0 saturated carbocycles. The molecule has 1 aromatic rings. The van der Waals surface area contributed by atoms with E-state index in [-0.39, 0.29) is 19.5 Å². The Morgan fingerprint density at radius 2 is 1.95 bits per heavy atom. The second-order valence-electron chi connectivity index (χ2n) is 3.98. The Labute approximate surface area is 113 Å². The van der Waals surface area contributed by atoms with Gasteiger partial charge in [0.15, 0.2) is 0 Å². The number of rotatable bonds is 7. The van der Waals surface area contributed by atoms with Gasteiger partial charge in [-0.15, -0.1) is 13.2 Å². The van der Waals surface area contributed by atoms with E-state index in [9.17, 15) is 18.0 Å². The number of alkyl halides is 3. The van der Waals surface area contributed by atoms with Crippen LogP contribution in [0.2, 0.25) is 0 Å². The molecule has 0 saturated heterocycles. The summed E-state index contributed by atoms with van der Waals surface area (Å²) in [7, 11) is 0. The molecule has 0 aliphatic heterocycles. The molecule has 0 fully saturated rings. The Bertz CT molecular complexity index is 452. The minimum absolute atomic E-state index is 0.0464. The molecule has 5 nitrogen and oxygen atoms in total. The minimum Gasteiger partial charge on any atom is -0.481 e. The first-order valence-corrected chi connectivity index (χ1v) is 5.81. The summed E-state index contributed by atoms with van der Waals surface area (Å²) in [6.07, 6.45) is -4.92. The molecule has 8 heteroatoms. The molecule has 0 heterocycles. The smallest absolute Gasteiger partial charge is 0.481 e. The second kappa shape index (κ2) is 6.99. The second-order valence-corrected chi connectivity index (χ2v) is 3.98. The topological polar surface area (TPSA) is 75.8 Å². The summed E-state index contributed by atoms with van der Waals surface area (Å²) in [6.45, 7) is -0.663. The van der Waals surface area contributed by atoms with Crippen LogP contribution in [0.15, 0.2) is 24.3 Å². The molecule has 1 rings (SSSR count). The van der Waals surface area contributed by atoms with Crippen molar-refractivity contribution in [2.45, 2.75) is 12.8 Å². The van der Waals surface area contributed by atoms with Gasteiger partial charge >= 0.3 is 12.3 Å². The zero-order chi connectivity index (χ0) is 15.2. The van der Waals surface area contributed by atoms with E-state index in [0.29, 0.717) is 11.4 Å². The lowest BCUT2D eigenvalue weighted by molar-refractivity contribution is -0.323. The number of nitrogens with two attached hydrogens (primary N) is 1. The standard InChI is InChI=1S/C12H15F3N2O3/c13-12(14,15)20-8-7-17(6-5-11(18)19)10-4-2-1-3-9(10)16/h1-4H,5-8,16H2,(H,18,19). The number of benzene rings is 1. The highest BCUT2D eigenvalue weighted by Crippen LogP contribution is 2.23. The Hall–Kier alpha value is -1.96. The molecule has 0 bridgehead atoms. The van der Waals surface area contributed by atoms with Crippen LogP contribution in [0.3, 0.4) is 0 Å². The van der Waals surface area contributed by atoms with Gasteiger partial charge in [-0.05, 0) is 12.1 Å². The van der Waals surface area contributed by atoms with Crippen LogP contribution in [0.1, 0.15) is 6.42 Å². The third-order valence-corrected chi connectivity index (χ3v) is 2.50. The number of para-hydroxylation sites is 2. The number of aliphatic carboxylic acids is 1. The largest absolute Gasteiger partial charge is 0.522 e. The summed E-state index contributed by atoms with van der Waals surface area (Å²) in [6, 6.07) is 6.56. The van der Waals surface area contributed by atoms with Crippen LogP contribution in [-0.4, -0.2) is 37.1 Å². The molecule has 0 aromatic heterocycles. The fourth-order valence-electron chi connectivity index (χ4n) is 1.63. The highest BCUT2D eigenvalue weighted by molar-refractivity contribution is 5.70. The number of carbonyl (C=O) groups is 1. The molecule has 0 amide bonds. The predicted molar refractivity (Wildman–Crippen MR) is 67.3 cm³/mol. The molecule has 0 radical (unpaired) electrons. The van der Waals surface area contributed by atoms with E-state index >= 15 is 0 Å². The van der Waals surface area contributed by atoms with Crippen molar-refractivity contribution in [1.82, 2.24) is 0 Å². The molecule has 0 aliphatic carbocycles. The van der Waals surface area contributed by atoms with Gasteiger partial charge in [0.1, 0.15) is 0 Å². The molecule has 20 heavy (non-hydrogen) atoms. The molecule has 0 unspecified atom stereocenters. The highest BCUT2D eigenvalue weighted by Gasteiger charge is 2.29. The van der Waals surface area contributed by atoms with Crippen molar-refractivity contribution in [3.63, 3.8) is 0 Å². The van der Waals surface area contributed by atoms with E-state index in [4.69, 9.17) is 10.8 Å². The molecule has 112 valence electrons. The maximum absolute atomic E-state index is 11.9. The predicted octanol–water partition coefficient (Wildman–Crippen LogP) is 2.09. The fourth-order valence-corrected chi connectivity index (χ4v) is 1.63. The molecule has 0 atom stereocenters. The molecular weight excluding hydrogens is 277 g/mol. The Morgan fingerprint density at radius 1 is 1.30 bits per heavy atom. The summed E-state index contributed by atoms with van der Waals surface area (Å²) in [5, 5.41) is 8.66. The van der Waals surface area contributed by atoms with Gasteiger partial charge in [0, 0.05) is 13.1 Å². The Balaban J connectivity index is 2.70. The van der Waals surface area contributed by atoms with Gasteiger partial charge in [-0.3, -0.25) is 9.53 Å². The zero-order valence-electron chi connectivity index (χ0n) is 10.6. The van der Waals surface area contributed by atoms with Crippen molar-refractivity contribution in [1.29, 1.82) is 0 Å². The number of hydrogen-bond donors (Lipinski definition) is 2. The average Bonchev–Trinajstić information content (AvgIpc) is 2.33. The average molecular weight is 292 g/mol. The van der Waals surface area contributed by atoms with Gasteiger partial charge in [0.05, 0.1) is 24.4 Å². The summed E-state index contributed by atoms with van der Waals surface area (Å²) < 4.78 is 39.5. The number of ether oxygens (including phenoxy) is 1. The van der Waals surface area contributed by atoms with Crippen LogP contribution >= 0.6 is 0 Å². The van der Waals surface area contributed by atoms with Crippen molar-refractivity contribution in [3.8, 4) is 0 Å². The minimum atomic E-state index is -4.71. The number of carboxylic acids is 1. The van der Waals surface area contributed by atoms with Crippen molar-refractivity contribution in [2.75, 3.05) is 30.3 Å². The molecule has 3 N–H and O–H groups in total. The van der Waals surface area contributed by atoms with Crippen LogP contribution in [0.25, 0.3) is 0 Å². The third kappa shape index (κ3) is 5.79. The lowest BCUT2D eigenvalue weighted by Gasteiger charge is -2.25. The van der Waals surface area contributed by atoms with E-state index in [1.165, 1.54) is 4.90 Å². The van der Waals surface area contributed by atoms with Gasteiger partial charge in [-0.2, -0.15) is 0 Å². The monoisotopic (exact) mass is 292 g/mol. The fraction of sp³-hybridized carbons (Fsp3) is 0.417. The van der Waals surface area contributed by atoms with Crippen LogP contribution in [0, 0.1) is 0 Å². The van der Waals surface area contributed by atoms with Gasteiger partial charge in [0.2, 0.25) is 0 Å². The maximum Gasteiger partial charge on any atom is 0.522 e. The summed E-state index contributed by atoms with van der Waals surface area (Å²) in [4.78, 5) is 12.0. The first-order valence-electron chi connectivity index (χ1n) is 5.81. The molecule has 0 spiro atoms. The quantitative estimate of drug-likeness (QED) is 0.753. The van der Waals surface area contributed by atoms with Crippen molar-refractivity contribution in [2.24, 2.45) is 0 Å². The first kappa shape index (κ1) is 16.1. The molecule has 0 aliphatic rings. The number of carboxylic acid groups (broad SMARTS) is 1. The number of anilines is 2.